The predicted octanol–water partition coefficient (Wildman–Crippen LogP) is 4.42. The molecule has 0 aliphatic heterocycles. The fraction of sp³-hybridized carbons (Fsp3) is 0.250. The molecule has 104 valence electrons. The fourth-order valence-corrected chi connectivity index (χ4v) is 2.11. The van der Waals surface area contributed by atoms with Crippen molar-refractivity contribution in [2.75, 3.05) is 0 Å². The molecule has 0 radical (unpaired) electrons. The molecule has 0 bridgehead atoms. The summed E-state index contributed by atoms with van der Waals surface area (Å²) in [5.41, 5.74) is 1.51. The van der Waals surface area contributed by atoms with Crippen molar-refractivity contribution in [3.63, 3.8) is 0 Å². The fourth-order valence-electron chi connectivity index (χ4n) is 1.84. The summed E-state index contributed by atoms with van der Waals surface area (Å²) in [6, 6.07) is 7.90. The number of hydrogen-bond acceptors (Lipinski definition) is 2. The van der Waals surface area contributed by atoms with E-state index in [2.05, 4.69) is 20.9 Å². The van der Waals surface area contributed by atoms with Gasteiger partial charge in [0, 0.05) is 22.4 Å². The van der Waals surface area contributed by atoms with Gasteiger partial charge in [0.05, 0.1) is 0 Å². The highest BCUT2D eigenvalue weighted by molar-refractivity contribution is 9.10. The van der Waals surface area contributed by atoms with Gasteiger partial charge in [-0.05, 0) is 29.2 Å². The average Bonchev–Trinajstić information content (AvgIpc) is 2.89. The molecule has 0 fully saturated rings. The minimum atomic E-state index is -0.242. The molecule has 0 spiro atoms. The third kappa shape index (κ3) is 3.45. The number of nitrogens with zero attached hydrogens (tertiary/aromatic N) is 2. The quantitative estimate of drug-likeness (QED) is 0.763. The molecule has 4 heteroatoms. The van der Waals surface area contributed by atoms with Crippen LogP contribution in [0.5, 0.6) is 0 Å². The van der Waals surface area contributed by atoms with Crippen molar-refractivity contribution < 1.29 is 4.79 Å². The van der Waals surface area contributed by atoms with Gasteiger partial charge in [-0.25, -0.2) is 4.98 Å². The molecule has 0 unspecified atom stereocenters. The van der Waals surface area contributed by atoms with Crippen LogP contribution in [0.1, 0.15) is 31.1 Å². The first kappa shape index (κ1) is 14.7. The van der Waals surface area contributed by atoms with Gasteiger partial charge in [-0.1, -0.05) is 48.8 Å². The Balaban J connectivity index is 2.43. The lowest BCUT2D eigenvalue weighted by Crippen LogP contribution is -2.22. The van der Waals surface area contributed by atoms with Gasteiger partial charge in [0.1, 0.15) is 6.33 Å². The van der Waals surface area contributed by atoms with E-state index in [-0.39, 0.29) is 11.3 Å². The molecule has 0 aliphatic rings. The number of hydrogen-bond donors (Lipinski definition) is 0. The van der Waals surface area contributed by atoms with Gasteiger partial charge in [0.25, 0.3) is 5.91 Å². The monoisotopic (exact) mass is 332 g/mol. The van der Waals surface area contributed by atoms with Crippen LogP contribution >= 0.6 is 15.9 Å². The summed E-state index contributed by atoms with van der Waals surface area (Å²) < 4.78 is 2.53. The Hall–Kier alpha value is -1.68. The van der Waals surface area contributed by atoms with Crippen LogP contribution in [-0.4, -0.2) is 15.5 Å². The highest BCUT2D eigenvalue weighted by atomic mass is 79.9. The van der Waals surface area contributed by atoms with Crippen molar-refractivity contribution in [1.29, 1.82) is 0 Å². The molecule has 0 aliphatic carbocycles. The number of benzene rings is 1. The van der Waals surface area contributed by atoms with Gasteiger partial charge in [-0.2, -0.15) is 0 Å². The van der Waals surface area contributed by atoms with Crippen LogP contribution in [0.3, 0.4) is 0 Å². The topological polar surface area (TPSA) is 34.9 Å². The second-order valence-electron chi connectivity index (χ2n) is 5.63. The summed E-state index contributed by atoms with van der Waals surface area (Å²) in [6.07, 6.45) is 6.75. The molecule has 3 nitrogen and oxygen atoms in total. The van der Waals surface area contributed by atoms with Gasteiger partial charge < -0.3 is 0 Å². The SMILES string of the molecule is CC(C)(C)/C(=C/c1ccc(Br)cc1)C(=O)n1ccnc1. The van der Waals surface area contributed by atoms with Gasteiger partial charge in [0.15, 0.2) is 0 Å². The third-order valence-corrected chi connectivity index (χ3v) is 3.49. The Labute approximate surface area is 127 Å². The summed E-state index contributed by atoms with van der Waals surface area (Å²) in [4.78, 5) is 16.5. The maximum absolute atomic E-state index is 12.6. The predicted molar refractivity (Wildman–Crippen MR) is 84.4 cm³/mol. The maximum Gasteiger partial charge on any atom is 0.259 e. The lowest BCUT2D eigenvalue weighted by Gasteiger charge is -2.22. The first-order valence-electron chi connectivity index (χ1n) is 6.38. The third-order valence-electron chi connectivity index (χ3n) is 2.96. The molecule has 0 N–H and O–H groups in total. The molecule has 0 saturated carbocycles. The van der Waals surface area contributed by atoms with Gasteiger partial charge in [-0.3, -0.25) is 9.36 Å². The van der Waals surface area contributed by atoms with Crippen LogP contribution < -0.4 is 0 Å². The second-order valence-corrected chi connectivity index (χ2v) is 6.55. The molecule has 2 rings (SSSR count). The number of carbonyl (C=O) groups is 1. The Morgan fingerprint density at radius 1 is 1.25 bits per heavy atom. The average molecular weight is 333 g/mol. The van der Waals surface area contributed by atoms with Crippen LogP contribution in [0, 0.1) is 5.41 Å². The maximum atomic E-state index is 12.6. The van der Waals surface area contributed by atoms with Crippen molar-refractivity contribution >= 4 is 27.9 Å². The lowest BCUT2D eigenvalue weighted by atomic mass is 9.84. The molecule has 0 atom stereocenters. The number of allylic oxidation sites excluding steroid dienone is 1. The Kier molecular flexibility index (Phi) is 4.23. The van der Waals surface area contributed by atoms with Crippen LogP contribution in [0.25, 0.3) is 6.08 Å². The highest BCUT2D eigenvalue weighted by Gasteiger charge is 2.24. The molecule has 0 amide bonds. The van der Waals surface area contributed by atoms with Crippen LogP contribution in [0.4, 0.5) is 0 Å². The van der Waals surface area contributed by atoms with Crippen molar-refractivity contribution in [1.82, 2.24) is 9.55 Å². The molecular formula is C16H17BrN2O. The summed E-state index contributed by atoms with van der Waals surface area (Å²) in [6.45, 7) is 6.10. The first-order chi connectivity index (χ1) is 9.38. The highest BCUT2D eigenvalue weighted by Crippen LogP contribution is 2.29. The summed E-state index contributed by atoms with van der Waals surface area (Å²) in [7, 11) is 0. The zero-order valence-electron chi connectivity index (χ0n) is 11.8. The van der Waals surface area contributed by atoms with Crippen LogP contribution in [-0.2, 0) is 0 Å². The Morgan fingerprint density at radius 3 is 2.40 bits per heavy atom. The van der Waals surface area contributed by atoms with E-state index in [1.807, 2.05) is 51.1 Å². The van der Waals surface area contributed by atoms with E-state index in [1.165, 1.54) is 10.9 Å². The van der Waals surface area contributed by atoms with Crippen molar-refractivity contribution in [2.45, 2.75) is 20.8 Å². The van der Waals surface area contributed by atoms with Crippen molar-refractivity contribution in [3.05, 3.63) is 58.6 Å². The summed E-state index contributed by atoms with van der Waals surface area (Å²) in [5.74, 6) is -0.0436. The number of aromatic nitrogens is 2. The zero-order chi connectivity index (χ0) is 14.8. The van der Waals surface area contributed by atoms with E-state index >= 15 is 0 Å². The van der Waals surface area contributed by atoms with Gasteiger partial charge in [0.2, 0.25) is 0 Å². The first-order valence-corrected chi connectivity index (χ1v) is 7.17. The minimum absolute atomic E-state index is 0.0436. The van der Waals surface area contributed by atoms with Gasteiger partial charge in [-0.15, -0.1) is 0 Å². The van der Waals surface area contributed by atoms with E-state index in [9.17, 15) is 4.79 Å². The van der Waals surface area contributed by atoms with E-state index in [0.29, 0.717) is 0 Å². The number of halogens is 1. The van der Waals surface area contributed by atoms with Gasteiger partial charge >= 0.3 is 0 Å². The second kappa shape index (κ2) is 5.75. The largest absolute Gasteiger partial charge is 0.273 e. The normalized spacial score (nSPS) is 12.5. The minimum Gasteiger partial charge on any atom is -0.273 e. The molecular weight excluding hydrogens is 316 g/mol. The van der Waals surface area contributed by atoms with Crippen molar-refractivity contribution in [3.8, 4) is 0 Å². The zero-order valence-corrected chi connectivity index (χ0v) is 13.4. The van der Waals surface area contributed by atoms with E-state index in [4.69, 9.17) is 0 Å². The van der Waals surface area contributed by atoms with Crippen LogP contribution in [0.2, 0.25) is 0 Å². The Morgan fingerprint density at radius 2 is 1.90 bits per heavy atom. The van der Waals surface area contributed by atoms with Crippen molar-refractivity contribution in [2.24, 2.45) is 5.41 Å². The molecule has 0 saturated heterocycles. The smallest absolute Gasteiger partial charge is 0.259 e. The van der Waals surface area contributed by atoms with E-state index in [1.54, 1.807) is 12.4 Å². The summed E-state index contributed by atoms with van der Waals surface area (Å²) >= 11 is 3.41. The molecule has 1 aromatic carbocycles. The molecule has 1 heterocycles. The van der Waals surface area contributed by atoms with E-state index in [0.717, 1.165) is 15.6 Å². The summed E-state index contributed by atoms with van der Waals surface area (Å²) in [5, 5.41) is 0. The molecule has 1 aromatic heterocycles. The van der Waals surface area contributed by atoms with Crippen LogP contribution in [0.15, 0.2) is 53.0 Å². The lowest BCUT2D eigenvalue weighted by molar-refractivity contribution is 0.0935. The molecule has 2 aromatic rings. The standard InChI is InChI=1S/C16H17BrN2O/c1-16(2,3)14(15(20)19-9-8-18-11-19)10-12-4-6-13(17)7-5-12/h4-11H,1-3H3/b14-10+. The number of carbonyl (C=O) groups excluding carboxylic acids is 1. The number of rotatable bonds is 2. The Bertz CT molecular complexity index is 619. The number of imidazole rings is 1. The van der Waals surface area contributed by atoms with E-state index < -0.39 is 0 Å². The molecule has 20 heavy (non-hydrogen) atoms.